The Morgan fingerprint density at radius 3 is 2.80 bits per heavy atom. The zero-order valence-electron chi connectivity index (χ0n) is 8.66. The molecule has 0 fully saturated rings. The second kappa shape index (κ2) is 4.53. The molecule has 2 aliphatic rings. The molecule has 0 amide bonds. The Morgan fingerprint density at radius 2 is 2.20 bits per heavy atom. The van der Waals surface area contributed by atoms with Crippen LogP contribution >= 0.6 is 11.6 Å². The average Bonchev–Trinajstić information content (AvgIpc) is 2.47. The van der Waals surface area contributed by atoms with Crippen molar-refractivity contribution in [2.24, 2.45) is 0 Å². The second-order valence-electron chi connectivity index (χ2n) is 3.87. The largest absolute Gasteiger partial charge is 0.487 e. The number of ether oxygens (including phenoxy) is 1. The fourth-order valence-corrected chi connectivity index (χ4v) is 1.37. The van der Waals surface area contributed by atoms with Gasteiger partial charge >= 0.3 is 5.43 Å². The molecule has 15 heavy (non-hydrogen) atoms. The number of carboxylic acid groups (broad SMARTS) is 1. The molecule has 1 N–H and O–H groups in total. The van der Waals surface area contributed by atoms with Crippen LogP contribution in [0, 0.1) is 0 Å². The van der Waals surface area contributed by atoms with Gasteiger partial charge in [-0.15, -0.1) is 0 Å². The molecule has 1 aliphatic carbocycles. The van der Waals surface area contributed by atoms with Crippen LogP contribution in [0.5, 0.6) is 0 Å². The molecule has 0 aromatic rings. The Kier molecular flexibility index (Phi) is 3.58. The minimum absolute atomic E-state index is 0.0125. The summed E-state index contributed by atoms with van der Waals surface area (Å²) in [6.07, 6.45) is 9.38. The molecular weight excluding hydrogens is 216 g/mol. The zero-order chi connectivity index (χ0) is 11.5. The van der Waals surface area contributed by atoms with Crippen LogP contribution in [0.4, 0.5) is 4.79 Å². The molecule has 0 aromatic carbocycles. The third-order valence-electron chi connectivity index (χ3n) is 2.01. The normalized spacial score (nSPS) is 20.2. The number of halogens is 1. The van der Waals surface area contributed by atoms with E-state index >= 15 is 0 Å². The molecule has 2 rings (SSSR count). The van der Waals surface area contributed by atoms with Crippen molar-refractivity contribution in [2.75, 3.05) is 0 Å². The summed E-state index contributed by atoms with van der Waals surface area (Å²) in [5.74, 6) is 1.03. The summed E-state index contributed by atoms with van der Waals surface area (Å²) in [4.78, 5) is 8.77. The Balaban J connectivity index is 0.000000245. The van der Waals surface area contributed by atoms with Gasteiger partial charge < -0.3 is 9.84 Å². The van der Waals surface area contributed by atoms with Crippen molar-refractivity contribution in [1.29, 1.82) is 0 Å². The molecule has 0 bridgehead atoms. The SMILES string of the molecule is CC1(C)CC=C2C=CC=C2O1.O=C(O)Cl. The van der Waals surface area contributed by atoms with Crippen molar-refractivity contribution < 1.29 is 14.6 Å². The van der Waals surface area contributed by atoms with E-state index in [-0.39, 0.29) is 5.60 Å². The van der Waals surface area contributed by atoms with E-state index in [1.165, 1.54) is 5.57 Å². The highest BCUT2D eigenvalue weighted by Crippen LogP contribution is 2.32. The molecule has 0 unspecified atom stereocenters. The number of rotatable bonds is 0. The summed E-state index contributed by atoms with van der Waals surface area (Å²) in [5, 5.41) is 7.18. The van der Waals surface area contributed by atoms with E-state index in [1.807, 2.05) is 12.2 Å². The maximum atomic E-state index is 8.77. The molecule has 0 saturated carbocycles. The molecule has 4 heteroatoms. The van der Waals surface area contributed by atoms with Crippen molar-refractivity contribution in [3.63, 3.8) is 0 Å². The van der Waals surface area contributed by atoms with Crippen LogP contribution in [0.15, 0.2) is 35.6 Å². The lowest BCUT2D eigenvalue weighted by atomic mass is 9.99. The minimum Gasteiger partial charge on any atom is -0.487 e. The number of fused-ring (bicyclic) bond motifs is 1. The monoisotopic (exact) mass is 228 g/mol. The predicted molar refractivity (Wildman–Crippen MR) is 59.0 cm³/mol. The summed E-state index contributed by atoms with van der Waals surface area (Å²) in [6, 6.07) is 0. The third-order valence-corrected chi connectivity index (χ3v) is 2.01. The maximum Gasteiger partial charge on any atom is 0.401 e. The van der Waals surface area contributed by atoms with Gasteiger partial charge in [0.15, 0.2) is 0 Å². The van der Waals surface area contributed by atoms with E-state index < -0.39 is 5.43 Å². The predicted octanol–water partition coefficient (Wildman–Crippen LogP) is 3.47. The van der Waals surface area contributed by atoms with Crippen molar-refractivity contribution in [3.8, 4) is 0 Å². The van der Waals surface area contributed by atoms with Crippen LogP contribution < -0.4 is 0 Å². The summed E-state index contributed by atoms with van der Waals surface area (Å²) in [5.41, 5.74) is -0.134. The summed E-state index contributed by atoms with van der Waals surface area (Å²) in [6.45, 7) is 4.22. The topological polar surface area (TPSA) is 46.5 Å². The highest BCUT2D eigenvalue weighted by atomic mass is 35.5. The molecule has 1 aliphatic heterocycles. The van der Waals surface area contributed by atoms with Gasteiger partial charge in [-0.05, 0) is 19.9 Å². The first-order valence-electron chi connectivity index (χ1n) is 4.57. The lowest BCUT2D eigenvalue weighted by Crippen LogP contribution is -2.26. The lowest BCUT2D eigenvalue weighted by Gasteiger charge is -2.30. The molecule has 0 saturated heterocycles. The van der Waals surface area contributed by atoms with Gasteiger partial charge in [-0.25, -0.2) is 4.79 Å². The zero-order valence-corrected chi connectivity index (χ0v) is 9.41. The van der Waals surface area contributed by atoms with Gasteiger partial charge in [-0.3, -0.25) is 0 Å². The van der Waals surface area contributed by atoms with Crippen LogP contribution in [0.2, 0.25) is 0 Å². The van der Waals surface area contributed by atoms with E-state index in [2.05, 4.69) is 37.6 Å². The third kappa shape index (κ3) is 3.80. The second-order valence-corrected chi connectivity index (χ2v) is 4.19. The first kappa shape index (κ1) is 11.9. The van der Waals surface area contributed by atoms with Crippen LogP contribution in [0.25, 0.3) is 0 Å². The summed E-state index contributed by atoms with van der Waals surface area (Å²) >= 11 is 4.19. The molecule has 1 heterocycles. The minimum atomic E-state index is -1.36. The molecule has 82 valence electrons. The number of hydrogen-bond donors (Lipinski definition) is 1. The quantitative estimate of drug-likeness (QED) is 0.646. The first-order valence-corrected chi connectivity index (χ1v) is 4.95. The lowest BCUT2D eigenvalue weighted by molar-refractivity contribution is 0.0362. The van der Waals surface area contributed by atoms with Gasteiger partial charge in [0.2, 0.25) is 0 Å². The van der Waals surface area contributed by atoms with E-state index in [0.29, 0.717) is 0 Å². The Labute approximate surface area is 93.7 Å². The highest BCUT2D eigenvalue weighted by molar-refractivity contribution is 6.60. The molecular formula is C11H13ClO3. The van der Waals surface area contributed by atoms with E-state index in [9.17, 15) is 0 Å². The number of carbonyl (C=O) groups is 1. The standard InChI is InChI=1S/C10H12O.CHClO2/c1-10(2)7-6-8-4-3-5-9(8)11-10;2-1(3)4/h3-6H,7H2,1-2H3;(H,3,4). The van der Waals surface area contributed by atoms with E-state index in [1.54, 1.807) is 0 Å². The van der Waals surface area contributed by atoms with Crippen molar-refractivity contribution >= 4 is 17.0 Å². The number of hydrogen-bond acceptors (Lipinski definition) is 2. The van der Waals surface area contributed by atoms with Gasteiger partial charge in [0.05, 0.1) is 0 Å². The van der Waals surface area contributed by atoms with E-state index in [0.717, 1.165) is 12.2 Å². The van der Waals surface area contributed by atoms with Crippen LogP contribution in [-0.4, -0.2) is 16.1 Å². The molecule has 3 nitrogen and oxygen atoms in total. The van der Waals surface area contributed by atoms with Crippen LogP contribution in [0.3, 0.4) is 0 Å². The fraction of sp³-hybridized carbons (Fsp3) is 0.364. The Bertz CT molecular complexity index is 347. The molecule has 0 atom stereocenters. The van der Waals surface area contributed by atoms with E-state index in [4.69, 9.17) is 14.6 Å². The number of allylic oxidation sites excluding steroid dienone is 3. The Morgan fingerprint density at radius 1 is 1.60 bits per heavy atom. The van der Waals surface area contributed by atoms with Gasteiger partial charge in [-0.2, -0.15) is 0 Å². The van der Waals surface area contributed by atoms with Gasteiger partial charge in [-0.1, -0.05) is 18.2 Å². The fourth-order valence-electron chi connectivity index (χ4n) is 1.37. The van der Waals surface area contributed by atoms with Gasteiger partial charge in [0.25, 0.3) is 0 Å². The smallest absolute Gasteiger partial charge is 0.401 e. The van der Waals surface area contributed by atoms with Crippen LogP contribution in [-0.2, 0) is 4.74 Å². The summed E-state index contributed by atoms with van der Waals surface area (Å²) in [7, 11) is 0. The molecule has 0 spiro atoms. The van der Waals surface area contributed by atoms with Gasteiger partial charge in [0.1, 0.15) is 11.4 Å². The van der Waals surface area contributed by atoms with Crippen LogP contribution in [0.1, 0.15) is 20.3 Å². The van der Waals surface area contributed by atoms with Gasteiger partial charge in [0, 0.05) is 23.6 Å². The molecule has 0 aromatic heterocycles. The van der Waals surface area contributed by atoms with Crippen molar-refractivity contribution in [3.05, 3.63) is 35.6 Å². The summed E-state index contributed by atoms with van der Waals surface area (Å²) < 4.78 is 5.73. The highest BCUT2D eigenvalue weighted by Gasteiger charge is 2.26. The average molecular weight is 229 g/mol. The Hall–Kier alpha value is -1.22. The maximum absolute atomic E-state index is 8.77. The van der Waals surface area contributed by atoms with Crippen molar-refractivity contribution in [2.45, 2.75) is 25.9 Å². The first-order chi connectivity index (χ1) is 6.91. The molecule has 0 radical (unpaired) electrons. The van der Waals surface area contributed by atoms with Crippen molar-refractivity contribution in [1.82, 2.24) is 0 Å².